The molecule has 0 spiro atoms. The molecule has 0 saturated heterocycles. The van der Waals surface area contributed by atoms with Gasteiger partial charge in [0.1, 0.15) is 0 Å². The topological polar surface area (TPSA) is 26.3 Å². The van der Waals surface area contributed by atoms with Gasteiger partial charge in [0.15, 0.2) is 0 Å². The SMILES string of the molecule is CC(C)COC(=O)c1cc(I)ccc1I. The summed E-state index contributed by atoms with van der Waals surface area (Å²) in [4.78, 5) is 11.7. The Bertz CT molecular complexity index is 362. The highest BCUT2D eigenvalue weighted by molar-refractivity contribution is 14.1. The predicted molar refractivity (Wildman–Crippen MR) is 77.0 cm³/mol. The second kappa shape index (κ2) is 6.03. The number of benzene rings is 1. The summed E-state index contributed by atoms with van der Waals surface area (Å²) in [6.45, 7) is 4.51. The Kier molecular flexibility index (Phi) is 5.31. The zero-order valence-corrected chi connectivity index (χ0v) is 12.9. The first-order valence-corrected chi connectivity index (χ1v) is 6.78. The van der Waals surface area contributed by atoms with Crippen molar-refractivity contribution in [3.05, 3.63) is 30.9 Å². The minimum atomic E-state index is -0.230. The normalized spacial score (nSPS) is 10.5. The van der Waals surface area contributed by atoms with Crippen LogP contribution in [-0.2, 0) is 4.74 Å². The molecular weight excluding hydrogens is 418 g/mol. The summed E-state index contributed by atoms with van der Waals surface area (Å²) in [6, 6.07) is 5.75. The number of carbonyl (C=O) groups excluding carboxylic acids is 1. The van der Waals surface area contributed by atoms with Crippen LogP contribution in [0.2, 0.25) is 0 Å². The predicted octanol–water partition coefficient (Wildman–Crippen LogP) is 3.71. The molecular formula is C11H12I2O2. The van der Waals surface area contributed by atoms with Crippen molar-refractivity contribution in [2.45, 2.75) is 13.8 Å². The molecule has 15 heavy (non-hydrogen) atoms. The summed E-state index contributed by atoms with van der Waals surface area (Å²) < 4.78 is 7.16. The van der Waals surface area contributed by atoms with Gasteiger partial charge in [-0.25, -0.2) is 4.79 Å². The number of rotatable bonds is 3. The molecule has 0 N–H and O–H groups in total. The third-order valence-electron chi connectivity index (χ3n) is 1.70. The molecule has 4 heteroatoms. The summed E-state index contributed by atoms with van der Waals surface area (Å²) in [5, 5.41) is 0. The quantitative estimate of drug-likeness (QED) is 0.540. The van der Waals surface area contributed by atoms with Crippen molar-refractivity contribution in [3.8, 4) is 0 Å². The van der Waals surface area contributed by atoms with E-state index in [1.54, 1.807) is 0 Å². The van der Waals surface area contributed by atoms with E-state index in [0.29, 0.717) is 18.1 Å². The number of ether oxygens (including phenoxy) is 1. The van der Waals surface area contributed by atoms with Gasteiger partial charge in [-0.1, -0.05) is 13.8 Å². The number of halogens is 2. The van der Waals surface area contributed by atoms with Crippen LogP contribution in [0, 0.1) is 13.1 Å². The fourth-order valence-electron chi connectivity index (χ4n) is 0.974. The minimum absolute atomic E-state index is 0.230. The van der Waals surface area contributed by atoms with Crippen molar-refractivity contribution in [3.63, 3.8) is 0 Å². The fourth-order valence-corrected chi connectivity index (χ4v) is 2.02. The third kappa shape index (κ3) is 4.26. The first-order chi connectivity index (χ1) is 7.00. The number of esters is 1. The highest BCUT2D eigenvalue weighted by Gasteiger charge is 2.12. The molecule has 0 radical (unpaired) electrons. The third-order valence-corrected chi connectivity index (χ3v) is 3.31. The highest BCUT2D eigenvalue weighted by Crippen LogP contribution is 2.17. The lowest BCUT2D eigenvalue weighted by atomic mass is 10.2. The molecule has 1 aromatic carbocycles. The second-order valence-corrected chi connectivity index (χ2v) is 6.02. The molecule has 0 aromatic heterocycles. The summed E-state index contributed by atoms with van der Waals surface area (Å²) in [5.41, 5.74) is 0.656. The fraction of sp³-hybridized carbons (Fsp3) is 0.364. The summed E-state index contributed by atoms with van der Waals surface area (Å²) >= 11 is 4.33. The lowest BCUT2D eigenvalue weighted by molar-refractivity contribution is 0.0457. The van der Waals surface area contributed by atoms with Crippen LogP contribution in [0.15, 0.2) is 18.2 Å². The Morgan fingerprint density at radius 1 is 1.40 bits per heavy atom. The summed E-state index contributed by atoms with van der Waals surface area (Å²) in [5.74, 6) is 0.140. The zero-order chi connectivity index (χ0) is 11.4. The van der Waals surface area contributed by atoms with Gasteiger partial charge in [0.25, 0.3) is 0 Å². The van der Waals surface area contributed by atoms with Gasteiger partial charge >= 0.3 is 5.97 Å². The smallest absolute Gasteiger partial charge is 0.339 e. The van der Waals surface area contributed by atoms with Crippen LogP contribution in [0.1, 0.15) is 24.2 Å². The molecule has 1 aromatic rings. The molecule has 1 rings (SSSR count). The van der Waals surface area contributed by atoms with Gasteiger partial charge in [0.2, 0.25) is 0 Å². The van der Waals surface area contributed by atoms with Crippen LogP contribution in [-0.4, -0.2) is 12.6 Å². The van der Waals surface area contributed by atoms with Crippen LogP contribution in [0.3, 0.4) is 0 Å². The van der Waals surface area contributed by atoms with E-state index in [4.69, 9.17) is 4.74 Å². The molecule has 0 unspecified atom stereocenters. The average Bonchev–Trinajstić information content (AvgIpc) is 2.18. The van der Waals surface area contributed by atoms with E-state index < -0.39 is 0 Å². The molecule has 0 bridgehead atoms. The van der Waals surface area contributed by atoms with Gasteiger partial charge in [-0.2, -0.15) is 0 Å². The Labute approximate surface area is 117 Å². The highest BCUT2D eigenvalue weighted by atomic mass is 127. The average molecular weight is 430 g/mol. The molecule has 0 aliphatic rings. The zero-order valence-electron chi connectivity index (χ0n) is 8.59. The summed E-state index contributed by atoms with van der Waals surface area (Å²) in [6.07, 6.45) is 0. The molecule has 2 nitrogen and oxygen atoms in total. The Hall–Kier alpha value is 0.150. The van der Waals surface area contributed by atoms with Crippen molar-refractivity contribution < 1.29 is 9.53 Å². The maximum absolute atomic E-state index is 11.7. The second-order valence-electron chi connectivity index (χ2n) is 3.62. The van der Waals surface area contributed by atoms with E-state index in [9.17, 15) is 4.79 Å². The van der Waals surface area contributed by atoms with Gasteiger partial charge in [0, 0.05) is 7.14 Å². The summed E-state index contributed by atoms with van der Waals surface area (Å²) in [7, 11) is 0. The van der Waals surface area contributed by atoms with Crippen molar-refractivity contribution >= 4 is 51.2 Å². The van der Waals surface area contributed by atoms with Gasteiger partial charge in [-0.05, 0) is 69.3 Å². The maximum atomic E-state index is 11.7. The monoisotopic (exact) mass is 430 g/mol. The van der Waals surface area contributed by atoms with Crippen LogP contribution < -0.4 is 0 Å². The Balaban J connectivity index is 2.77. The van der Waals surface area contributed by atoms with E-state index in [0.717, 1.165) is 7.14 Å². The van der Waals surface area contributed by atoms with Crippen LogP contribution >= 0.6 is 45.2 Å². The number of hydrogen-bond donors (Lipinski definition) is 0. The first-order valence-electron chi connectivity index (χ1n) is 4.63. The van der Waals surface area contributed by atoms with Crippen molar-refractivity contribution in [1.29, 1.82) is 0 Å². The van der Waals surface area contributed by atoms with Crippen LogP contribution in [0.4, 0.5) is 0 Å². The molecule has 0 saturated carbocycles. The van der Waals surface area contributed by atoms with Gasteiger partial charge in [-0.3, -0.25) is 0 Å². The first kappa shape index (κ1) is 13.2. The Morgan fingerprint density at radius 2 is 2.07 bits per heavy atom. The standard InChI is InChI=1S/C11H12I2O2/c1-7(2)6-15-11(14)9-5-8(12)3-4-10(9)13/h3-5,7H,6H2,1-2H3. The Morgan fingerprint density at radius 3 is 2.67 bits per heavy atom. The van der Waals surface area contributed by atoms with Gasteiger partial charge in [-0.15, -0.1) is 0 Å². The molecule has 0 heterocycles. The van der Waals surface area contributed by atoms with E-state index in [1.165, 1.54) is 0 Å². The molecule has 0 aliphatic heterocycles. The van der Waals surface area contributed by atoms with E-state index in [1.807, 2.05) is 32.0 Å². The maximum Gasteiger partial charge on any atom is 0.339 e. The lowest BCUT2D eigenvalue weighted by Crippen LogP contribution is -2.11. The van der Waals surface area contributed by atoms with Crippen molar-refractivity contribution in [1.82, 2.24) is 0 Å². The van der Waals surface area contributed by atoms with Crippen molar-refractivity contribution in [2.75, 3.05) is 6.61 Å². The van der Waals surface area contributed by atoms with Crippen LogP contribution in [0.25, 0.3) is 0 Å². The van der Waals surface area contributed by atoms with Gasteiger partial charge < -0.3 is 4.74 Å². The van der Waals surface area contributed by atoms with E-state index in [2.05, 4.69) is 45.2 Å². The molecule has 0 atom stereocenters. The molecule has 0 aliphatic carbocycles. The molecule has 0 fully saturated rings. The number of hydrogen-bond acceptors (Lipinski definition) is 2. The lowest BCUT2D eigenvalue weighted by Gasteiger charge is -2.08. The van der Waals surface area contributed by atoms with Gasteiger partial charge in [0.05, 0.1) is 12.2 Å². The van der Waals surface area contributed by atoms with E-state index >= 15 is 0 Å². The van der Waals surface area contributed by atoms with E-state index in [-0.39, 0.29) is 5.97 Å². The largest absolute Gasteiger partial charge is 0.462 e. The molecule has 0 amide bonds. The molecule has 82 valence electrons. The van der Waals surface area contributed by atoms with Crippen molar-refractivity contribution in [2.24, 2.45) is 5.92 Å². The number of carbonyl (C=O) groups is 1. The minimum Gasteiger partial charge on any atom is -0.462 e. The van der Waals surface area contributed by atoms with Crippen LogP contribution in [0.5, 0.6) is 0 Å².